The lowest BCUT2D eigenvalue weighted by molar-refractivity contribution is -0.121. The van der Waals surface area contributed by atoms with Gasteiger partial charge in [-0.3, -0.25) is 4.79 Å². The normalized spacial score (nSPS) is 12.9. The molecular formula is C29H32ClN3O2. The number of rotatable bonds is 10. The van der Waals surface area contributed by atoms with E-state index in [0.29, 0.717) is 24.1 Å². The molecule has 0 radical (unpaired) electrons. The maximum Gasteiger partial charge on any atom is 0.224 e. The van der Waals surface area contributed by atoms with Gasteiger partial charge in [0.1, 0.15) is 18.2 Å². The molecule has 4 aromatic rings. The second kappa shape index (κ2) is 11.4. The van der Waals surface area contributed by atoms with Gasteiger partial charge in [0.2, 0.25) is 5.91 Å². The van der Waals surface area contributed by atoms with Crippen molar-refractivity contribution in [3.63, 3.8) is 0 Å². The van der Waals surface area contributed by atoms with Crippen LogP contribution in [0.2, 0.25) is 5.02 Å². The molecule has 0 bridgehead atoms. The Bertz CT molecular complexity index is 1270. The highest BCUT2D eigenvalue weighted by Crippen LogP contribution is 2.23. The molecular weight excluding hydrogens is 458 g/mol. The van der Waals surface area contributed by atoms with Gasteiger partial charge in [-0.25, -0.2) is 4.98 Å². The van der Waals surface area contributed by atoms with Gasteiger partial charge in [-0.15, -0.1) is 0 Å². The van der Waals surface area contributed by atoms with E-state index in [-0.39, 0.29) is 18.4 Å². The SMILES string of the molecule is CCC(C)c1ccc(OCCn2c(C(C)NC(=O)Cc3ccc(Cl)cc3)nc3ccccc32)cc1. The number of hydrogen-bond acceptors (Lipinski definition) is 3. The number of benzene rings is 3. The summed E-state index contributed by atoms with van der Waals surface area (Å²) in [4.78, 5) is 17.5. The van der Waals surface area contributed by atoms with Gasteiger partial charge < -0.3 is 14.6 Å². The fraction of sp³-hybridized carbons (Fsp3) is 0.310. The van der Waals surface area contributed by atoms with E-state index in [1.807, 2.05) is 49.4 Å². The van der Waals surface area contributed by atoms with Crippen LogP contribution in [0.4, 0.5) is 0 Å². The molecule has 1 amide bonds. The predicted octanol–water partition coefficient (Wildman–Crippen LogP) is 6.70. The van der Waals surface area contributed by atoms with Crippen LogP contribution < -0.4 is 10.1 Å². The van der Waals surface area contributed by atoms with Gasteiger partial charge in [-0.05, 0) is 66.8 Å². The standard InChI is InChI=1S/C29H32ClN3O2/c1-4-20(2)23-11-15-25(16-12-23)35-18-17-33-27-8-6-5-7-26(27)32-29(33)21(3)31-28(34)19-22-9-13-24(30)14-10-22/h5-16,20-21H,4,17-19H2,1-3H3,(H,31,34). The number of nitrogens with one attached hydrogen (secondary N) is 1. The van der Waals surface area contributed by atoms with Crippen LogP contribution >= 0.6 is 11.6 Å². The Balaban J connectivity index is 1.44. The Kier molecular flexibility index (Phi) is 8.09. The summed E-state index contributed by atoms with van der Waals surface area (Å²) in [6.45, 7) is 7.52. The Hall–Kier alpha value is -3.31. The van der Waals surface area contributed by atoms with Crippen LogP contribution in [0.25, 0.3) is 11.0 Å². The van der Waals surface area contributed by atoms with Crippen LogP contribution in [0.15, 0.2) is 72.8 Å². The Labute approximate surface area is 212 Å². The largest absolute Gasteiger partial charge is 0.492 e. The minimum Gasteiger partial charge on any atom is -0.492 e. The molecule has 0 aliphatic heterocycles. The number of amides is 1. The van der Waals surface area contributed by atoms with Crippen molar-refractivity contribution in [1.82, 2.24) is 14.9 Å². The number of fused-ring (bicyclic) bond motifs is 1. The van der Waals surface area contributed by atoms with Gasteiger partial charge in [-0.2, -0.15) is 0 Å². The first-order valence-corrected chi connectivity index (χ1v) is 12.5. The van der Waals surface area contributed by atoms with Crippen molar-refractivity contribution >= 4 is 28.5 Å². The Morgan fingerprint density at radius 2 is 1.74 bits per heavy atom. The van der Waals surface area contributed by atoms with Crippen molar-refractivity contribution in [1.29, 1.82) is 0 Å². The van der Waals surface area contributed by atoms with Gasteiger partial charge in [0, 0.05) is 5.02 Å². The predicted molar refractivity (Wildman–Crippen MR) is 142 cm³/mol. The van der Waals surface area contributed by atoms with E-state index >= 15 is 0 Å². The second-order valence-corrected chi connectivity index (χ2v) is 9.37. The minimum atomic E-state index is -0.253. The van der Waals surface area contributed by atoms with Crippen molar-refractivity contribution in [2.75, 3.05) is 6.61 Å². The molecule has 1 aromatic heterocycles. The number of nitrogens with zero attached hydrogens (tertiary/aromatic N) is 2. The van der Waals surface area contributed by atoms with Crippen molar-refractivity contribution < 1.29 is 9.53 Å². The third kappa shape index (κ3) is 6.23. The van der Waals surface area contributed by atoms with Crippen LogP contribution in [0.5, 0.6) is 5.75 Å². The highest BCUT2D eigenvalue weighted by molar-refractivity contribution is 6.30. The van der Waals surface area contributed by atoms with E-state index in [2.05, 4.69) is 41.9 Å². The number of halogens is 1. The molecule has 2 atom stereocenters. The Morgan fingerprint density at radius 3 is 2.46 bits per heavy atom. The number of imidazole rings is 1. The average molecular weight is 490 g/mol. The van der Waals surface area contributed by atoms with Gasteiger partial charge >= 0.3 is 0 Å². The summed E-state index contributed by atoms with van der Waals surface area (Å²) in [5, 5.41) is 3.75. The second-order valence-electron chi connectivity index (χ2n) is 8.93. The molecule has 1 N–H and O–H groups in total. The van der Waals surface area contributed by atoms with Crippen LogP contribution in [-0.2, 0) is 17.8 Å². The number of para-hydroxylation sites is 2. The molecule has 2 unspecified atom stereocenters. The number of carbonyl (C=O) groups is 1. The maximum absolute atomic E-state index is 12.7. The van der Waals surface area contributed by atoms with Gasteiger partial charge in [-0.1, -0.05) is 61.8 Å². The minimum absolute atomic E-state index is 0.0592. The van der Waals surface area contributed by atoms with Crippen LogP contribution in [0.1, 0.15) is 56.1 Å². The zero-order chi connectivity index (χ0) is 24.8. The lowest BCUT2D eigenvalue weighted by Crippen LogP contribution is -2.30. The third-order valence-corrected chi connectivity index (χ3v) is 6.62. The third-order valence-electron chi connectivity index (χ3n) is 6.37. The lowest BCUT2D eigenvalue weighted by Gasteiger charge is -2.17. The Morgan fingerprint density at radius 1 is 1.03 bits per heavy atom. The first-order chi connectivity index (χ1) is 16.9. The molecule has 0 fully saturated rings. The first kappa shape index (κ1) is 24.8. The van der Waals surface area contributed by atoms with Crippen LogP contribution in [0, 0.1) is 0 Å². The topological polar surface area (TPSA) is 56.1 Å². The summed E-state index contributed by atoms with van der Waals surface area (Å²) in [6.07, 6.45) is 1.41. The van der Waals surface area contributed by atoms with Gasteiger partial charge in [0.25, 0.3) is 0 Å². The quantitative estimate of drug-likeness (QED) is 0.269. The number of aromatic nitrogens is 2. The summed E-state index contributed by atoms with van der Waals surface area (Å²) in [7, 11) is 0. The van der Waals surface area contributed by atoms with E-state index in [0.717, 1.165) is 34.6 Å². The van der Waals surface area contributed by atoms with E-state index in [9.17, 15) is 4.79 Å². The first-order valence-electron chi connectivity index (χ1n) is 12.2. The maximum atomic E-state index is 12.7. The molecule has 35 heavy (non-hydrogen) atoms. The highest BCUT2D eigenvalue weighted by atomic mass is 35.5. The molecule has 1 heterocycles. The molecule has 0 saturated carbocycles. The molecule has 5 nitrogen and oxygen atoms in total. The van der Waals surface area contributed by atoms with Crippen LogP contribution in [-0.4, -0.2) is 22.1 Å². The monoisotopic (exact) mass is 489 g/mol. The number of ether oxygens (including phenoxy) is 1. The number of carbonyl (C=O) groups excluding carboxylic acids is 1. The molecule has 0 aliphatic rings. The van der Waals surface area contributed by atoms with E-state index < -0.39 is 0 Å². The zero-order valence-electron chi connectivity index (χ0n) is 20.5. The molecule has 0 aliphatic carbocycles. The van der Waals surface area contributed by atoms with E-state index in [1.165, 1.54) is 5.56 Å². The van der Waals surface area contributed by atoms with E-state index in [1.54, 1.807) is 12.1 Å². The molecule has 4 rings (SSSR count). The van der Waals surface area contributed by atoms with Crippen molar-refractivity contribution in [2.24, 2.45) is 0 Å². The van der Waals surface area contributed by atoms with Crippen molar-refractivity contribution in [3.05, 3.63) is 94.8 Å². The zero-order valence-corrected chi connectivity index (χ0v) is 21.3. The van der Waals surface area contributed by atoms with Gasteiger partial charge in [0.15, 0.2) is 0 Å². The smallest absolute Gasteiger partial charge is 0.224 e. The molecule has 3 aromatic carbocycles. The molecule has 0 saturated heterocycles. The van der Waals surface area contributed by atoms with Crippen molar-refractivity contribution in [2.45, 2.75) is 52.1 Å². The number of hydrogen-bond donors (Lipinski definition) is 1. The summed E-state index contributed by atoms with van der Waals surface area (Å²) in [5.74, 6) is 2.15. The molecule has 0 spiro atoms. The highest BCUT2D eigenvalue weighted by Gasteiger charge is 2.18. The van der Waals surface area contributed by atoms with Crippen molar-refractivity contribution in [3.8, 4) is 5.75 Å². The fourth-order valence-electron chi connectivity index (χ4n) is 4.19. The summed E-state index contributed by atoms with van der Waals surface area (Å²) >= 11 is 5.95. The molecule has 6 heteroatoms. The summed E-state index contributed by atoms with van der Waals surface area (Å²) < 4.78 is 8.19. The fourth-order valence-corrected chi connectivity index (χ4v) is 4.31. The average Bonchev–Trinajstić information content (AvgIpc) is 3.24. The lowest BCUT2D eigenvalue weighted by atomic mass is 9.99. The summed E-state index contributed by atoms with van der Waals surface area (Å²) in [6, 6.07) is 23.4. The van der Waals surface area contributed by atoms with Crippen LogP contribution in [0.3, 0.4) is 0 Å². The molecule has 182 valence electrons. The van der Waals surface area contributed by atoms with E-state index in [4.69, 9.17) is 21.3 Å². The summed E-state index contributed by atoms with van der Waals surface area (Å²) in [5.41, 5.74) is 4.17. The van der Waals surface area contributed by atoms with Gasteiger partial charge in [0.05, 0.1) is 30.0 Å².